The van der Waals surface area contributed by atoms with Crippen molar-refractivity contribution in [1.29, 1.82) is 5.26 Å². The van der Waals surface area contributed by atoms with Gasteiger partial charge in [-0.05, 0) is 86.5 Å². The van der Waals surface area contributed by atoms with E-state index >= 15 is 0 Å². The molecule has 6 heteroatoms. The molecule has 0 unspecified atom stereocenters. The lowest BCUT2D eigenvalue weighted by Crippen LogP contribution is -2.55. The number of Topliss-reactive ketones (excluding diaryl/α,β-unsaturated/α-hetero) is 1. The minimum absolute atomic E-state index is 0.00520. The van der Waals surface area contributed by atoms with Crippen LogP contribution in [0.25, 0.3) is 0 Å². The van der Waals surface area contributed by atoms with Gasteiger partial charge < -0.3 is 4.42 Å². The highest BCUT2D eigenvalue weighted by molar-refractivity contribution is 6.04. The van der Waals surface area contributed by atoms with E-state index in [1.807, 2.05) is 26.0 Å². The minimum Gasteiger partial charge on any atom is -0.424 e. The fourth-order valence-corrected chi connectivity index (χ4v) is 8.08. The zero-order chi connectivity index (χ0) is 32.2. The number of hydrogen-bond donors (Lipinski definition) is 0. The van der Waals surface area contributed by atoms with Gasteiger partial charge >= 0.3 is 0 Å². The van der Waals surface area contributed by atoms with Gasteiger partial charge in [0, 0.05) is 22.2 Å². The van der Waals surface area contributed by atoms with Crippen molar-refractivity contribution < 1.29 is 14.0 Å². The molecule has 236 valence electrons. The number of rotatable bonds is 11. The van der Waals surface area contributed by atoms with Crippen molar-refractivity contribution >= 4 is 11.6 Å². The summed E-state index contributed by atoms with van der Waals surface area (Å²) in [5.41, 5.74) is -0.541. The van der Waals surface area contributed by atoms with Crippen molar-refractivity contribution in [2.45, 2.75) is 145 Å². The van der Waals surface area contributed by atoms with E-state index in [4.69, 9.17) is 4.42 Å². The molecule has 1 aromatic heterocycles. The van der Waals surface area contributed by atoms with E-state index in [9.17, 15) is 14.9 Å². The number of hydrogen-bond acceptors (Lipinski definition) is 6. The molecule has 0 amide bonds. The SMILES string of the molecule is CCC(C)(C)CC[C@@](C)(CCC(C)(C)[C@]1(C)CC[C@H]2C(C)(C)C(=O)C(C#N)=C[C@]2(C)/C1=C/C(C)=O)c1nnc(C2CC2)o1. The molecule has 0 N–H and O–H groups in total. The van der Waals surface area contributed by atoms with Crippen LogP contribution < -0.4 is 0 Å². The number of aromatic nitrogens is 2. The number of fused-ring (bicyclic) bond motifs is 1. The van der Waals surface area contributed by atoms with E-state index in [0.29, 0.717) is 5.92 Å². The zero-order valence-electron chi connectivity index (χ0n) is 28.7. The van der Waals surface area contributed by atoms with Crippen LogP contribution in [0.15, 0.2) is 27.7 Å². The first-order valence-corrected chi connectivity index (χ1v) is 16.5. The maximum absolute atomic E-state index is 13.3. The molecule has 1 heterocycles. The summed E-state index contributed by atoms with van der Waals surface area (Å²) in [6.45, 7) is 23.9. The Morgan fingerprint density at radius 2 is 1.67 bits per heavy atom. The maximum atomic E-state index is 13.3. The van der Waals surface area contributed by atoms with Crippen LogP contribution in [0.1, 0.15) is 152 Å². The highest BCUT2D eigenvalue weighted by Gasteiger charge is 2.61. The lowest BCUT2D eigenvalue weighted by molar-refractivity contribution is -0.131. The monoisotopic (exact) mass is 589 g/mol. The van der Waals surface area contributed by atoms with Crippen LogP contribution >= 0.6 is 0 Å². The molecular formula is C37H55N3O3. The van der Waals surface area contributed by atoms with Gasteiger partial charge in [-0.1, -0.05) is 87.3 Å². The Hall–Kier alpha value is -2.55. The minimum atomic E-state index is -0.683. The average Bonchev–Trinajstić information content (AvgIpc) is 3.66. The van der Waals surface area contributed by atoms with Gasteiger partial charge in [0.25, 0.3) is 0 Å². The van der Waals surface area contributed by atoms with Gasteiger partial charge in [0.05, 0.1) is 5.57 Å². The van der Waals surface area contributed by atoms with E-state index in [-0.39, 0.29) is 44.7 Å². The van der Waals surface area contributed by atoms with Gasteiger partial charge in [0.15, 0.2) is 11.6 Å². The average molecular weight is 590 g/mol. The Bertz CT molecular complexity index is 1370. The fourth-order valence-electron chi connectivity index (χ4n) is 8.08. The van der Waals surface area contributed by atoms with E-state index in [2.05, 4.69) is 71.7 Å². The van der Waals surface area contributed by atoms with Crippen molar-refractivity contribution in [2.75, 3.05) is 0 Å². The summed E-state index contributed by atoms with van der Waals surface area (Å²) in [6.07, 6.45) is 12.6. The predicted octanol–water partition coefficient (Wildman–Crippen LogP) is 9.22. The van der Waals surface area contributed by atoms with Gasteiger partial charge in [0.2, 0.25) is 11.8 Å². The van der Waals surface area contributed by atoms with Crippen LogP contribution in [0.3, 0.4) is 0 Å². The summed E-state index contributed by atoms with van der Waals surface area (Å²) in [5, 5.41) is 19.0. The van der Waals surface area contributed by atoms with Gasteiger partial charge in [0.1, 0.15) is 6.07 Å². The molecule has 0 aliphatic heterocycles. The summed E-state index contributed by atoms with van der Waals surface area (Å²) < 4.78 is 6.38. The third-order valence-electron chi connectivity index (χ3n) is 12.4. The second-order valence-corrected chi connectivity index (χ2v) is 16.8. The van der Waals surface area contributed by atoms with E-state index in [1.165, 1.54) is 0 Å². The first kappa shape index (κ1) is 33.3. The number of carbonyl (C=O) groups excluding carboxylic acids is 2. The molecule has 0 spiro atoms. The smallest absolute Gasteiger partial charge is 0.222 e. The number of ketones is 2. The molecule has 2 fully saturated rings. The Morgan fingerprint density at radius 3 is 2.23 bits per heavy atom. The van der Waals surface area contributed by atoms with Gasteiger partial charge in [-0.15, -0.1) is 10.2 Å². The van der Waals surface area contributed by atoms with Crippen LogP contribution in [-0.2, 0) is 15.0 Å². The van der Waals surface area contributed by atoms with E-state index < -0.39 is 10.8 Å². The van der Waals surface area contributed by atoms with Gasteiger partial charge in [-0.3, -0.25) is 9.59 Å². The summed E-state index contributed by atoms with van der Waals surface area (Å²) in [6, 6.07) is 2.19. The Labute approximate surface area is 260 Å². The van der Waals surface area contributed by atoms with Crippen LogP contribution in [0.2, 0.25) is 0 Å². The second-order valence-electron chi connectivity index (χ2n) is 16.8. The third-order valence-corrected chi connectivity index (χ3v) is 12.4. The number of carbonyl (C=O) groups is 2. The van der Waals surface area contributed by atoms with Crippen molar-refractivity contribution in [1.82, 2.24) is 10.2 Å². The van der Waals surface area contributed by atoms with Gasteiger partial charge in [-0.2, -0.15) is 5.26 Å². The number of allylic oxidation sites excluding steroid dienone is 4. The molecule has 0 saturated heterocycles. The largest absolute Gasteiger partial charge is 0.424 e. The Kier molecular flexibility index (Phi) is 8.62. The molecule has 3 aliphatic carbocycles. The standard InChI is InChI=1S/C37H55N3O3/c1-12-32(3,4)17-19-35(9,31-40-39-30(43-31)25-13-14-25)20-18-33(5,6)37(11)16-15-27-34(7,8)29(42)26(23-38)22-36(27,10)28(37)21-24(2)41/h21-22,25,27H,12-20H2,1-11H3/b28-21-/t27-,35-,36-,37+/m0/s1. The lowest BCUT2D eigenvalue weighted by Gasteiger charge is -2.61. The molecule has 0 radical (unpaired) electrons. The molecule has 6 nitrogen and oxygen atoms in total. The summed E-state index contributed by atoms with van der Waals surface area (Å²) in [5.74, 6) is 1.89. The summed E-state index contributed by atoms with van der Waals surface area (Å²) in [4.78, 5) is 26.1. The number of nitrogens with zero attached hydrogens (tertiary/aromatic N) is 3. The molecule has 4 atom stereocenters. The molecule has 1 aromatic rings. The lowest BCUT2D eigenvalue weighted by atomic mass is 9.42. The van der Waals surface area contributed by atoms with Crippen molar-refractivity contribution in [3.63, 3.8) is 0 Å². The van der Waals surface area contributed by atoms with Crippen LogP contribution in [0, 0.1) is 44.3 Å². The first-order valence-electron chi connectivity index (χ1n) is 16.5. The second kappa shape index (κ2) is 11.1. The first-order chi connectivity index (χ1) is 19.8. The van der Waals surface area contributed by atoms with E-state index in [0.717, 1.165) is 75.1 Å². The molecule has 0 aromatic carbocycles. The highest BCUT2D eigenvalue weighted by atomic mass is 16.4. The summed E-state index contributed by atoms with van der Waals surface area (Å²) in [7, 11) is 0. The van der Waals surface area contributed by atoms with Crippen molar-refractivity contribution in [3.05, 3.63) is 35.1 Å². The van der Waals surface area contributed by atoms with Crippen molar-refractivity contribution in [3.8, 4) is 6.07 Å². The zero-order valence-corrected chi connectivity index (χ0v) is 28.7. The molecule has 4 rings (SSSR count). The quantitative estimate of drug-likeness (QED) is 0.239. The molecule has 0 bridgehead atoms. The Morgan fingerprint density at radius 1 is 1.05 bits per heavy atom. The molecule has 2 saturated carbocycles. The fraction of sp³-hybridized carbons (Fsp3) is 0.757. The van der Waals surface area contributed by atoms with Gasteiger partial charge in [-0.25, -0.2) is 0 Å². The maximum Gasteiger partial charge on any atom is 0.222 e. The Balaban J connectivity index is 1.72. The summed E-state index contributed by atoms with van der Waals surface area (Å²) >= 11 is 0. The van der Waals surface area contributed by atoms with E-state index in [1.54, 1.807) is 6.92 Å². The molecule has 43 heavy (non-hydrogen) atoms. The van der Waals surface area contributed by atoms with Crippen molar-refractivity contribution in [2.24, 2.45) is 33.0 Å². The van der Waals surface area contributed by atoms with Crippen LogP contribution in [0.4, 0.5) is 0 Å². The third kappa shape index (κ3) is 5.95. The normalized spacial score (nSPS) is 29.9. The van der Waals surface area contributed by atoms with Crippen LogP contribution in [-0.4, -0.2) is 21.8 Å². The predicted molar refractivity (Wildman–Crippen MR) is 170 cm³/mol. The molecular weight excluding hydrogens is 534 g/mol. The topological polar surface area (TPSA) is 96.8 Å². The molecule has 3 aliphatic rings. The highest BCUT2D eigenvalue weighted by Crippen LogP contribution is 2.67. The van der Waals surface area contributed by atoms with Crippen LogP contribution in [0.5, 0.6) is 0 Å². The number of nitriles is 1.